The summed E-state index contributed by atoms with van der Waals surface area (Å²) in [7, 11) is 3.67. The molecule has 0 aromatic rings. The van der Waals surface area contributed by atoms with E-state index >= 15 is 4.39 Å². The van der Waals surface area contributed by atoms with Crippen molar-refractivity contribution >= 4 is 23.6 Å². The number of carbonyl (C=O) groups is 4. The van der Waals surface area contributed by atoms with E-state index in [-0.39, 0.29) is 44.1 Å². The predicted octanol–water partition coefficient (Wildman–Crippen LogP) is 3.55. The van der Waals surface area contributed by atoms with E-state index in [0.29, 0.717) is 23.3 Å². The second-order valence-corrected chi connectivity index (χ2v) is 15.3. The molecule has 0 aromatic carbocycles. The van der Waals surface area contributed by atoms with Crippen LogP contribution in [0.2, 0.25) is 0 Å². The first kappa shape index (κ1) is 42.7. The Bertz CT molecular complexity index is 1360. The van der Waals surface area contributed by atoms with Crippen LogP contribution in [0.3, 0.4) is 0 Å². The minimum Gasteiger partial charge on any atom is -0.457 e. The number of amides is 1. The number of likely N-dealkylation sites (N-methyl/N-ethyl adjacent to an activating group) is 1. The Balaban J connectivity index is 2.39. The monoisotopic (exact) mass is 726 g/mol. The zero-order valence-electron chi connectivity index (χ0n) is 32.3. The van der Waals surface area contributed by atoms with Crippen molar-refractivity contribution in [3.63, 3.8) is 0 Å². The quantitative estimate of drug-likeness (QED) is 0.233. The number of carbonyl (C=O) groups excluding carboxylic acids is 4. The smallest absolute Gasteiger partial charge is 0.351 e. The van der Waals surface area contributed by atoms with Gasteiger partial charge in [0.1, 0.15) is 11.7 Å². The van der Waals surface area contributed by atoms with Crippen molar-refractivity contribution < 1.29 is 57.1 Å². The van der Waals surface area contributed by atoms with E-state index in [1.165, 1.54) is 27.7 Å². The summed E-state index contributed by atoms with van der Waals surface area (Å²) in [5.74, 6) is -5.72. The van der Waals surface area contributed by atoms with Crippen molar-refractivity contribution in [2.75, 3.05) is 27.3 Å². The molecule has 3 rings (SSSR count). The van der Waals surface area contributed by atoms with Gasteiger partial charge >= 0.3 is 11.9 Å². The Morgan fingerprint density at radius 2 is 1.73 bits per heavy atom. The first-order chi connectivity index (χ1) is 23.5. The minimum atomic E-state index is -3.18. The number of ketones is 1. The van der Waals surface area contributed by atoms with E-state index in [1.54, 1.807) is 27.7 Å². The number of hydrogen-bond acceptors (Lipinski definition) is 12. The first-order valence-electron chi connectivity index (χ1n) is 17.7. The molecule has 3 aliphatic heterocycles. The van der Waals surface area contributed by atoms with Crippen LogP contribution in [0.4, 0.5) is 4.39 Å². The molecular weight excluding hydrogens is 667 g/mol. The molecular formula is C37H59FN2O11. The zero-order valence-corrected chi connectivity index (χ0v) is 32.3. The summed E-state index contributed by atoms with van der Waals surface area (Å²) in [6.07, 6.45) is -5.81. The molecule has 51 heavy (non-hydrogen) atoms. The van der Waals surface area contributed by atoms with E-state index in [0.717, 1.165) is 6.92 Å². The van der Waals surface area contributed by atoms with Gasteiger partial charge in [-0.1, -0.05) is 32.9 Å². The second-order valence-electron chi connectivity index (χ2n) is 15.3. The number of alkyl halides is 1. The van der Waals surface area contributed by atoms with Crippen LogP contribution in [0.25, 0.3) is 0 Å². The van der Waals surface area contributed by atoms with Crippen molar-refractivity contribution in [1.29, 1.82) is 0 Å². The van der Waals surface area contributed by atoms with Crippen LogP contribution >= 0.6 is 0 Å². The van der Waals surface area contributed by atoms with Crippen LogP contribution in [0.5, 0.6) is 0 Å². The molecule has 0 aromatic heterocycles. The molecule has 1 unspecified atom stereocenters. The number of fused-ring (bicyclic) bond motifs is 4. The molecule has 0 aliphatic carbocycles. The maximum absolute atomic E-state index is 16.7. The summed E-state index contributed by atoms with van der Waals surface area (Å²) in [5.41, 5.74) is -5.14. The third-order valence-electron chi connectivity index (χ3n) is 10.4. The number of rotatable bonds is 6. The number of nitrogens with one attached hydrogen (secondary N) is 1. The van der Waals surface area contributed by atoms with Gasteiger partial charge in [0, 0.05) is 37.8 Å². The normalized spacial score (nSPS) is 40.5. The zero-order chi connectivity index (χ0) is 38.8. The molecule has 0 radical (unpaired) electrons. The van der Waals surface area contributed by atoms with Gasteiger partial charge in [-0.05, 0) is 67.1 Å². The number of halogens is 1. The Morgan fingerprint density at radius 1 is 1.10 bits per heavy atom. The fourth-order valence-corrected chi connectivity index (χ4v) is 7.74. The predicted molar refractivity (Wildman–Crippen MR) is 185 cm³/mol. The van der Waals surface area contributed by atoms with Gasteiger partial charge in [0.15, 0.2) is 18.2 Å². The van der Waals surface area contributed by atoms with Crippen molar-refractivity contribution in [3.05, 3.63) is 23.4 Å². The van der Waals surface area contributed by atoms with E-state index in [9.17, 15) is 24.3 Å². The number of esters is 2. The molecule has 1 saturated heterocycles. The first-order valence-corrected chi connectivity index (χ1v) is 17.7. The summed E-state index contributed by atoms with van der Waals surface area (Å²) in [6.45, 7) is 18.9. The molecule has 12 atom stereocenters. The summed E-state index contributed by atoms with van der Waals surface area (Å²) in [6, 6.07) is -0.351. The molecule has 1 fully saturated rings. The highest BCUT2D eigenvalue weighted by Gasteiger charge is 2.56. The SMILES string of the molecule is C=C1CO[C@@H]2[C@@H](C)C(NC(C)=O)=C(C)C[C@@](C)(OC1)[C@H](O[C@@H]1O[C@H](C)C[C@H](N(C)C)C1OC(C)=O)[C@@H](C)C(=O)[C@](C)(F)C(=O)O[C@H](CC)[C@@]2(C)O. The molecule has 1 amide bonds. The maximum Gasteiger partial charge on any atom is 0.351 e. The van der Waals surface area contributed by atoms with Crippen LogP contribution in [0, 0.1) is 11.8 Å². The fourth-order valence-electron chi connectivity index (χ4n) is 7.74. The Kier molecular flexibility index (Phi) is 13.8. The number of hydrogen-bond donors (Lipinski definition) is 2. The molecule has 290 valence electrons. The number of Topliss-reactive ketones (excluding diaryl/α,β-unsaturated/α-hetero) is 1. The van der Waals surface area contributed by atoms with Gasteiger partial charge in [-0.2, -0.15) is 0 Å². The van der Waals surface area contributed by atoms with Gasteiger partial charge in [0.25, 0.3) is 5.67 Å². The van der Waals surface area contributed by atoms with Crippen LogP contribution < -0.4 is 5.32 Å². The van der Waals surface area contributed by atoms with Gasteiger partial charge in [0.05, 0.1) is 43.2 Å². The highest BCUT2D eigenvalue weighted by molar-refractivity contribution is 6.07. The molecule has 2 bridgehead atoms. The highest BCUT2D eigenvalue weighted by atomic mass is 19.1. The third-order valence-corrected chi connectivity index (χ3v) is 10.4. The van der Waals surface area contributed by atoms with Crippen molar-refractivity contribution in [2.45, 2.75) is 148 Å². The fraction of sp³-hybridized carbons (Fsp3) is 0.784. The highest BCUT2D eigenvalue weighted by Crippen LogP contribution is 2.41. The lowest BCUT2D eigenvalue weighted by Gasteiger charge is -2.48. The van der Waals surface area contributed by atoms with E-state index in [2.05, 4.69) is 11.9 Å². The second kappa shape index (κ2) is 16.5. The Hall–Kier alpha value is -2.75. The Labute approximate surface area is 301 Å². The van der Waals surface area contributed by atoms with Crippen LogP contribution in [0.15, 0.2) is 23.4 Å². The van der Waals surface area contributed by atoms with Gasteiger partial charge in [0.2, 0.25) is 5.91 Å². The lowest BCUT2D eigenvalue weighted by Crippen LogP contribution is -2.61. The summed E-state index contributed by atoms with van der Waals surface area (Å²) in [5, 5.41) is 15.0. The maximum atomic E-state index is 16.7. The number of cyclic esters (lactones) is 1. The molecule has 14 heteroatoms. The third kappa shape index (κ3) is 9.44. The van der Waals surface area contributed by atoms with E-state index < -0.39 is 77.1 Å². The van der Waals surface area contributed by atoms with Crippen LogP contribution in [-0.4, -0.2) is 121 Å². The number of nitrogens with zero attached hydrogens (tertiary/aromatic N) is 1. The average Bonchev–Trinajstić information content (AvgIpc) is 3.03. The van der Waals surface area contributed by atoms with Gasteiger partial charge in [-0.15, -0.1) is 0 Å². The standard InChI is InChI=1S/C37H59FN2O11/c1-14-27-37(11,45)32-22(5)28(39-24(7)41)20(3)16-35(9,47-18-19(2)17-46-32)31(23(6)30(43)36(10,38)34(44)50-27)51-33-29(49-25(8)42)26(40(12)13)15-21(4)48-33/h21-23,26-27,29,31-33,45H,2,14-18H2,1,3-13H3,(H,39,41)/t21-,22+,23+,26+,27-,29?,31-,32-,33+,35-,36+,37-/m1/s1. The molecule has 3 heterocycles. The lowest BCUT2D eigenvalue weighted by molar-refractivity contribution is -0.298. The topological polar surface area (TPSA) is 159 Å². The summed E-state index contributed by atoms with van der Waals surface area (Å²) < 4.78 is 54.0. The lowest BCUT2D eigenvalue weighted by atomic mass is 9.76. The summed E-state index contributed by atoms with van der Waals surface area (Å²) >= 11 is 0. The van der Waals surface area contributed by atoms with Gasteiger partial charge < -0.3 is 43.7 Å². The molecule has 2 N–H and O–H groups in total. The van der Waals surface area contributed by atoms with E-state index in [4.69, 9.17) is 28.4 Å². The van der Waals surface area contributed by atoms with Crippen LogP contribution in [0.1, 0.15) is 88.5 Å². The summed E-state index contributed by atoms with van der Waals surface area (Å²) in [4.78, 5) is 54.8. The number of ether oxygens (including phenoxy) is 6. The average molecular weight is 727 g/mol. The molecule has 0 saturated carbocycles. The van der Waals surface area contributed by atoms with E-state index in [1.807, 2.05) is 25.9 Å². The van der Waals surface area contributed by atoms with Gasteiger partial charge in [-0.25, -0.2) is 9.18 Å². The minimum absolute atomic E-state index is 0.0135. The van der Waals surface area contributed by atoms with Gasteiger partial charge in [-0.3, -0.25) is 14.4 Å². The largest absolute Gasteiger partial charge is 0.457 e. The van der Waals surface area contributed by atoms with Crippen molar-refractivity contribution in [1.82, 2.24) is 10.2 Å². The van der Waals surface area contributed by atoms with Crippen molar-refractivity contribution in [2.24, 2.45) is 11.8 Å². The van der Waals surface area contributed by atoms with Crippen molar-refractivity contribution in [3.8, 4) is 0 Å². The Morgan fingerprint density at radius 3 is 2.27 bits per heavy atom. The van der Waals surface area contributed by atoms with Crippen LogP contribution in [-0.2, 0) is 47.6 Å². The molecule has 0 spiro atoms. The number of aliphatic hydroxyl groups is 1. The molecule has 3 aliphatic rings. The molecule has 13 nitrogen and oxygen atoms in total.